The van der Waals surface area contributed by atoms with Gasteiger partial charge in [-0.15, -0.1) is 0 Å². The standard InChI is InChI=1S/C22H25FN2O4/c1-15(16-3-9-19(28-2)10-4-16)25-14-13-22(29-21(25)27,12-11-20(24)26)17-5-7-18(23)8-6-17/h3-10,15H,11-14H2,1-2H3,(H2,24,26). The average Bonchev–Trinajstić information content (AvgIpc) is 2.72. The predicted octanol–water partition coefficient (Wildman–Crippen LogP) is 3.90. The molecule has 7 heteroatoms. The first kappa shape index (κ1) is 20.6. The zero-order valence-electron chi connectivity index (χ0n) is 16.6. The number of benzene rings is 2. The monoisotopic (exact) mass is 400 g/mol. The number of carbonyl (C=O) groups is 2. The van der Waals surface area contributed by atoms with E-state index in [9.17, 15) is 14.0 Å². The van der Waals surface area contributed by atoms with Crippen LogP contribution in [0.3, 0.4) is 0 Å². The number of nitrogens with zero attached hydrogens (tertiary/aromatic N) is 1. The average molecular weight is 400 g/mol. The minimum Gasteiger partial charge on any atom is -0.497 e. The molecule has 1 saturated heterocycles. The Morgan fingerprint density at radius 2 is 1.90 bits per heavy atom. The Morgan fingerprint density at radius 1 is 1.24 bits per heavy atom. The maximum Gasteiger partial charge on any atom is 0.411 e. The molecule has 0 spiro atoms. The molecule has 6 nitrogen and oxygen atoms in total. The smallest absolute Gasteiger partial charge is 0.411 e. The summed E-state index contributed by atoms with van der Waals surface area (Å²) < 4.78 is 24.4. The van der Waals surface area contributed by atoms with Crippen LogP contribution in [0.25, 0.3) is 0 Å². The number of nitrogens with two attached hydrogens (primary N) is 1. The Bertz CT molecular complexity index is 869. The van der Waals surface area contributed by atoms with E-state index in [-0.39, 0.29) is 24.7 Å². The molecule has 2 unspecified atom stereocenters. The van der Waals surface area contributed by atoms with Crippen LogP contribution in [0.15, 0.2) is 48.5 Å². The molecule has 154 valence electrons. The molecule has 0 bridgehead atoms. The van der Waals surface area contributed by atoms with Crippen LogP contribution in [-0.2, 0) is 15.1 Å². The zero-order valence-corrected chi connectivity index (χ0v) is 16.6. The van der Waals surface area contributed by atoms with Crippen LogP contribution in [0, 0.1) is 5.82 Å². The van der Waals surface area contributed by atoms with Crippen molar-refractivity contribution >= 4 is 12.0 Å². The number of hydrogen-bond acceptors (Lipinski definition) is 4. The van der Waals surface area contributed by atoms with Gasteiger partial charge in [0.25, 0.3) is 0 Å². The molecule has 1 aliphatic heterocycles. The summed E-state index contributed by atoms with van der Waals surface area (Å²) in [6.45, 7) is 2.36. The quantitative estimate of drug-likeness (QED) is 0.764. The molecule has 2 atom stereocenters. The summed E-state index contributed by atoms with van der Waals surface area (Å²) in [6.07, 6.45) is 0.315. The lowest BCUT2D eigenvalue weighted by atomic mass is 9.84. The number of rotatable bonds is 7. The van der Waals surface area contributed by atoms with Crippen LogP contribution in [-0.4, -0.2) is 30.6 Å². The van der Waals surface area contributed by atoms with E-state index >= 15 is 0 Å². The van der Waals surface area contributed by atoms with Gasteiger partial charge >= 0.3 is 6.09 Å². The topological polar surface area (TPSA) is 81.9 Å². The normalized spacial score (nSPS) is 20.1. The number of ether oxygens (including phenoxy) is 2. The third-order valence-electron chi connectivity index (χ3n) is 5.49. The maximum absolute atomic E-state index is 13.4. The number of amides is 2. The number of primary amides is 1. The summed E-state index contributed by atoms with van der Waals surface area (Å²) in [7, 11) is 1.60. The Hall–Kier alpha value is -3.09. The summed E-state index contributed by atoms with van der Waals surface area (Å²) in [5, 5.41) is 0. The Balaban J connectivity index is 1.82. The van der Waals surface area contributed by atoms with E-state index in [0.29, 0.717) is 18.5 Å². The van der Waals surface area contributed by atoms with Gasteiger partial charge in [-0.1, -0.05) is 24.3 Å². The highest BCUT2D eigenvalue weighted by molar-refractivity contribution is 5.74. The fourth-order valence-corrected chi connectivity index (χ4v) is 3.69. The van der Waals surface area contributed by atoms with Crippen LogP contribution in [0.2, 0.25) is 0 Å². The van der Waals surface area contributed by atoms with Crippen molar-refractivity contribution in [1.82, 2.24) is 4.90 Å². The second kappa shape index (κ2) is 8.51. The highest BCUT2D eigenvalue weighted by Gasteiger charge is 2.43. The molecule has 29 heavy (non-hydrogen) atoms. The number of halogens is 1. The molecule has 1 heterocycles. The lowest BCUT2D eigenvalue weighted by molar-refractivity contribution is -0.121. The van der Waals surface area contributed by atoms with E-state index < -0.39 is 17.6 Å². The number of carbonyl (C=O) groups excluding carboxylic acids is 2. The van der Waals surface area contributed by atoms with Gasteiger partial charge in [-0.05, 0) is 42.3 Å². The number of cyclic esters (lactones) is 1. The summed E-state index contributed by atoms with van der Waals surface area (Å²) in [4.78, 5) is 25.9. The van der Waals surface area contributed by atoms with Crippen molar-refractivity contribution < 1.29 is 23.5 Å². The molecule has 1 fully saturated rings. The molecular formula is C22H25FN2O4. The summed E-state index contributed by atoms with van der Waals surface area (Å²) in [5.41, 5.74) is 5.93. The Morgan fingerprint density at radius 3 is 2.45 bits per heavy atom. The molecule has 3 rings (SSSR count). The van der Waals surface area contributed by atoms with Gasteiger partial charge in [0.05, 0.1) is 13.2 Å². The molecule has 2 aromatic rings. The van der Waals surface area contributed by atoms with Gasteiger partial charge in [-0.3, -0.25) is 4.79 Å². The maximum atomic E-state index is 13.4. The first-order valence-electron chi connectivity index (χ1n) is 9.52. The highest BCUT2D eigenvalue weighted by Crippen LogP contribution is 2.40. The fraction of sp³-hybridized carbons (Fsp3) is 0.364. The van der Waals surface area contributed by atoms with E-state index in [1.54, 1.807) is 24.1 Å². The molecule has 2 amide bonds. The minimum atomic E-state index is -1.00. The van der Waals surface area contributed by atoms with E-state index in [0.717, 1.165) is 11.3 Å². The van der Waals surface area contributed by atoms with Crippen LogP contribution in [0.1, 0.15) is 43.4 Å². The van der Waals surface area contributed by atoms with Gasteiger partial charge < -0.3 is 20.1 Å². The highest BCUT2D eigenvalue weighted by atomic mass is 19.1. The number of methoxy groups -OCH3 is 1. The molecule has 0 aromatic heterocycles. The van der Waals surface area contributed by atoms with Crippen molar-refractivity contribution in [1.29, 1.82) is 0 Å². The van der Waals surface area contributed by atoms with Crippen LogP contribution < -0.4 is 10.5 Å². The first-order chi connectivity index (χ1) is 13.8. The molecular weight excluding hydrogens is 375 g/mol. The van der Waals surface area contributed by atoms with Crippen LogP contribution in [0.5, 0.6) is 5.75 Å². The summed E-state index contributed by atoms with van der Waals surface area (Å²) in [6, 6.07) is 13.1. The molecule has 1 aliphatic rings. The third kappa shape index (κ3) is 4.50. The van der Waals surface area contributed by atoms with Gasteiger partial charge in [-0.25, -0.2) is 9.18 Å². The Kier molecular flexibility index (Phi) is 6.06. The first-order valence-corrected chi connectivity index (χ1v) is 9.52. The Labute approximate surface area is 169 Å². The molecule has 2 N–H and O–H groups in total. The van der Waals surface area contributed by atoms with Gasteiger partial charge in [0, 0.05) is 25.8 Å². The van der Waals surface area contributed by atoms with Crippen LogP contribution >= 0.6 is 0 Å². The minimum absolute atomic E-state index is 0.0681. The second-order valence-electron chi connectivity index (χ2n) is 7.23. The molecule has 2 aromatic carbocycles. The van der Waals surface area contributed by atoms with Crippen molar-refractivity contribution in [2.75, 3.05) is 13.7 Å². The van der Waals surface area contributed by atoms with E-state index in [2.05, 4.69) is 0 Å². The molecule has 0 aliphatic carbocycles. The second-order valence-corrected chi connectivity index (χ2v) is 7.23. The van der Waals surface area contributed by atoms with Gasteiger partial charge in [0.15, 0.2) is 0 Å². The van der Waals surface area contributed by atoms with Crippen molar-refractivity contribution in [2.45, 2.75) is 37.8 Å². The van der Waals surface area contributed by atoms with Crippen molar-refractivity contribution in [3.63, 3.8) is 0 Å². The number of hydrogen-bond donors (Lipinski definition) is 1. The van der Waals surface area contributed by atoms with Gasteiger partial charge in [0.1, 0.15) is 17.2 Å². The predicted molar refractivity (Wildman–Crippen MR) is 106 cm³/mol. The fourth-order valence-electron chi connectivity index (χ4n) is 3.69. The van der Waals surface area contributed by atoms with Crippen molar-refractivity contribution in [2.24, 2.45) is 5.73 Å². The SMILES string of the molecule is COc1ccc(C(C)N2CCC(CCC(N)=O)(c3ccc(F)cc3)OC2=O)cc1. The molecule has 0 saturated carbocycles. The van der Waals surface area contributed by atoms with Crippen molar-refractivity contribution in [3.8, 4) is 5.75 Å². The van der Waals surface area contributed by atoms with Crippen molar-refractivity contribution in [3.05, 3.63) is 65.5 Å². The zero-order chi connectivity index (χ0) is 21.0. The van der Waals surface area contributed by atoms with E-state index in [1.807, 2.05) is 31.2 Å². The summed E-state index contributed by atoms with van der Waals surface area (Å²) in [5.74, 6) is -0.115. The van der Waals surface area contributed by atoms with E-state index in [1.165, 1.54) is 12.1 Å². The lowest BCUT2D eigenvalue weighted by Crippen LogP contribution is -2.49. The largest absolute Gasteiger partial charge is 0.497 e. The molecule has 0 radical (unpaired) electrons. The third-order valence-corrected chi connectivity index (χ3v) is 5.49. The van der Waals surface area contributed by atoms with Gasteiger partial charge in [0.2, 0.25) is 5.91 Å². The van der Waals surface area contributed by atoms with Gasteiger partial charge in [-0.2, -0.15) is 0 Å². The summed E-state index contributed by atoms with van der Waals surface area (Å²) >= 11 is 0. The van der Waals surface area contributed by atoms with E-state index in [4.69, 9.17) is 15.2 Å². The van der Waals surface area contributed by atoms with Crippen LogP contribution in [0.4, 0.5) is 9.18 Å². The lowest BCUT2D eigenvalue weighted by Gasteiger charge is -2.43.